The maximum Gasteiger partial charge on any atom is 0.244 e. The number of rotatable bonds is 8. The van der Waals surface area contributed by atoms with Crippen molar-refractivity contribution in [3.8, 4) is 11.5 Å². The van der Waals surface area contributed by atoms with Crippen molar-refractivity contribution in [3.63, 3.8) is 0 Å². The first-order valence-electron chi connectivity index (χ1n) is 15.5. The molecule has 3 fully saturated rings. The fourth-order valence-electron chi connectivity index (χ4n) is 8.65. The molecule has 5 aliphatic rings. The third-order valence-corrected chi connectivity index (χ3v) is 10.6. The Morgan fingerprint density at radius 1 is 1.02 bits per heavy atom. The van der Waals surface area contributed by atoms with E-state index >= 15 is 0 Å². The van der Waals surface area contributed by atoms with E-state index in [-0.39, 0.29) is 42.3 Å². The van der Waals surface area contributed by atoms with Crippen LogP contribution in [0.4, 0.5) is 0 Å². The fraction of sp³-hybridized carbons (Fsp3) is 0.417. The van der Waals surface area contributed by atoms with Crippen LogP contribution in [-0.2, 0) is 28.0 Å². The summed E-state index contributed by atoms with van der Waals surface area (Å²) in [5, 5.41) is 14.4. The number of nitrogens with one attached hydrogen (secondary N) is 1. The molecule has 0 aromatic heterocycles. The topological polar surface area (TPSA) is 71.0 Å². The molecule has 8 rings (SSSR count). The molecule has 1 amide bonds. The lowest BCUT2D eigenvalue weighted by molar-refractivity contribution is -0.226. The van der Waals surface area contributed by atoms with Gasteiger partial charge in [-0.3, -0.25) is 9.69 Å². The molecule has 7 heteroatoms. The second-order valence-electron chi connectivity index (χ2n) is 12.9. The van der Waals surface area contributed by atoms with Crippen LogP contribution in [0, 0.1) is 5.92 Å². The van der Waals surface area contributed by atoms with E-state index in [1.54, 1.807) is 12.1 Å². The highest BCUT2D eigenvalue weighted by Gasteiger charge is 2.74. The first kappa shape index (κ1) is 28.5. The highest BCUT2D eigenvalue weighted by molar-refractivity contribution is 5.92. The van der Waals surface area contributed by atoms with E-state index in [0.29, 0.717) is 12.4 Å². The van der Waals surface area contributed by atoms with Crippen LogP contribution in [-0.4, -0.2) is 52.8 Å². The third kappa shape index (κ3) is 4.57. The molecule has 1 spiro atoms. The normalized spacial score (nSPS) is 30.3. The first-order chi connectivity index (χ1) is 20.6. The first-order valence-corrected chi connectivity index (χ1v) is 15.5. The van der Waals surface area contributed by atoms with Crippen molar-refractivity contribution in [2.45, 2.75) is 74.3 Å². The van der Waals surface area contributed by atoms with Crippen molar-refractivity contribution in [1.82, 2.24) is 10.2 Å². The molecule has 224 valence electrons. The van der Waals surface area contributed by atoms with Crippen LogP contribution in [0.25, 0.3) is 6.08 Å². The van der Waals surface area contributed by atoms with Crippen LogP contribution in [0.3, 0.4) is 0 Å². The zero-order valence-corrected chi connectivity index (χ0v) is 25.1. The van der Waals surface area contributed by atoms with Crippen LogP contribution in [0.15, 0.2) is 78.9 Å². The highest BCUT2D eigenvalue weighted by Crippen LogP contribution is 2.67. The average molecular weight is 599 g/mol. The van der Waals surface area contributed by atoms with Crippen LogP contribution in [0.5, 0.6) is 11.5 Å². The van der Waals surface area contributed by atoms with Gasteiger partial charge in [0.2, 0.25) is 5.91 Å². The molecule has 5 atom stereocenters. The van der Waals surface area contributed by atoms with Crippen molar-refractivity contribution in [2.75, 3.05) is 13.1 Å². The number of halogens is 1. The van der Waals surface area contributed by atoms with Crippen LogP contribution in [0.1, 0.15) is 54.4 Å². The summed E-state index contributed by atoms with van der Waals surface area (Å²) in [6.45, 7) is 2.62. The van der Waals surface area contributed by atoms with Gasteiger partial charge in [0, 0.05) is 24.2 Å². The Hall–Kier alpha value is -3.32. The van der Waals surface area contributed by atoms with Crippen molar-refractivity contribution >= 4 is 24.4 Å². The van der Waals surface area contributed by atoms with Gasteiger partial charge in [0.1, 0.15) is 6.10 Å². The van der Waals surface area contributed by atoms with E-state index in [2.05, 4.69) is 40.5 Å². The van der Waals surface area contributed by atoms with Gasteiger partial charge in [-0.2, -0.15) is 0 Å². The molecule has 3 aromatic carbocycles. The molecular formula is C36H39ClN2O4. The number of hydrogen-bond acceptors (Lipinski definition) is 5. The van der Waals surface area contributed by atoms with E-state index in [1.165, 1.54) is 18.4 Å². The minimum absolute atomic E-state index is 0. The number of hydrogen-bond donors (Lipinski definition) is 2. The molecule has 3 aromatic rings. The Morgan fingerprint density at radius 2 is 1.79 bits per heavy atom. The number of ether oxygens (including phenoxy) is 2. The van der Waals surface area contributed by atoms with E-state index < -0.39 is 11.0 Å². The maximum absolute atomic E-state index is 13.3. The van der Waals surface area contributed by atoms with E-state index in [0.717, 1.165) is 61.4 Å². The molecule has 2 saturated carbocycles. The van der Waals surface area contributed by atoms with Crippen LogP contribution in [0.2, 0.25) is 0 Å². The summed E-state index contributed by atoms with van der Waals surface area (Å²) in [4.78, 5) is 16.0. The summed E-state index contributed by atoms with van der Waals surface area (Å²) in [5.74, 6) is 1.44. The van der Waals surface area contributed by atoms with Gasteiger partial charge in [-0.15, -0.1) is 12.4 Å². The zero-order chi connectivity index (χ0) is 28.3. The number of aromatic hydroxyl groups is 1. The van der Waals surface area contributed by atoms with Gasteiger partial charge in [0.15, 0.2) is 11.5 Å². The summed E-state index contributed by atoms with van der Waals surface area (Å²) in [5.41, 5.74) is 3.60. The van der Waals surface area contributed by atoms with Crippen molar-refractivity contribution in [2.24, 2.45) is 5.92 Å². The Labute approximate surface area is 259 Å². The molecule has 0 unspecified atom stereocenters. The predicted octanol–water partition coefficient (Wildman–Crippen LogP) is 5.80. The second-order valence-corrected chi connectivity index (χ2v) is 12.9. The Kier molecular flexibility index (Phi) is 7.27. The lowest BCUT2D eigenvalue weighted by Crippen LogP contribution is -2.79. The SMILES string of the molecule is Cl.O=C(/C=C/c1ccccc1)N[C@@H]1CC[C@@]2(OCc3ccccc3)[C@H]3Cc4ccc(O)c5c4[C@@]2(CCN3CC2CC2)[C@H]1O5. The Bertz CT molecular complexity index is 1530. The van der Waals surface area contributed by atoms with E-state index in [1.807, 2.05) is 42.5 Å². The smallest absolute Gasteiger partial charge is 0.244 e. The fourth-order valence-corrected chi connectivity index (χ4v) is 8.65. The molecule has 2 heterocycles. The molecular weight excluding hydrogens is 560 g/mol. The van der Waals surface area contributed by atoms with Gasteiger partial charge in [-0.05, 0) is 79.8 Å². The van der Waals surface area contributed by atoms with Gasteiger partial charge in [0.25, 0.3) is 0 Å². The largest absolute Gasteiger partial charge is 0.504 e. The molecule has 6 nitrogen and oxygen atoms in total. The average Bonchev–Trinajstić information content (AvgIpc) is 3.77. The standard InChI is InChI=1S/C36H38N2O4.ClH/c39-29-15-14-27-21-30-36(41-23-26-9-5-2-6-10-26)18-17-28(37-31(40)16-13-24-7-3-1-4-8-24)34-35(36,32(27)33(29)42-34)19-20-38(30)22-25-11-12-25;/h1-10,13-16,25,28,30,34,39H,11-12,17-23H2,(H,37,40);1H/b16-13+;/t28-,30-,34+,35+,36-;/m1./s1. The maximum atomic E-state index is 13.3. The van der Waals surface area contributed by atoms with Crippen molar-refractivity contribution in [3.05, 3.63) is 101 Å². The number of carbonyl (C=O) groups is 1. The molecule has 43 heavy (non-hydrogen) atoms. The summed E-state index contributed by atoms with van der Waals surface area (Å²) in [7, 11) is 0. The van der Waals surface area contributed by atoms with Gasteiger partial charge >= 0.3 is 0 Å². The van der Waals surface area contributed by atoms with Gasteiger partial charge < -0.3 is 19.9 Å². The summed E-state index contributed by atoms with van der Waals surface area (Å²) >= 11 is 0. The number of carbonyl (C=O) groups excluding carboxylic acids is 1. The zero-order valence-electron chi connectivity index (χ0n) is 24.3. The third-order valence-electron chi connectivity index (χ3n) is 10.6. The number of nitrogens with zero attached hydrogens (tertiary/aromatic N) is 1. The highest BCUT2D eigenvalue weighted by atomic mass is 35.5. The van der Waals surface area contributed by atoms with Crippen molar-refractivity contribution < 1.29 is 19.4 Å². The molecule has 2 aliphatic heterocycles. The lowest BCUT2D eigenvalue weighted by Gasteiger charge is -2.66. The van der Waals surface area contributed by atoms with Gasteiger partial charge in [-0.25, -0.2) is 0 Å². The van der Waals surface area contributed by atoms with Crippen LogP contribution >= 0.6 is 12.4 Å². The monoisotopic (exact) mass is 598 g/mol. The number of likely N-dealkylation sites (tertiary alicyclic amines) is 1. The minimum Gasteiger partial charge on any atom is -0.504 e. The molecule has 0 radical (unpaired) electrons. The number of amides is 1. The summed E-state index contributed by atoms with van der Waals surface area (Å²) < 4.78 is 14.1. The number of phenolic OH excluding ortho intramolecular Hbond substituents is 1. The molecule has 3 aliphatic carbocycles. The second kappa shape index (κ2) is 11.0. The minimum atomic E-state index is -0.478. The quantitative estimate of drug-likeness (QED) is 0.321. The number of piperidine rings is 1. The number of phenols is 1. The molecule has 1 saturated heterocycles. The van der Waals surface area contributed by atoms with Crippen molar-refractivity contribution in [1.29, 1.82) is 0 Å². The van der Waals surface area contributed by atoms with E-state index in [4.69, 9.17) is 9.47 Å². The number of benzene rings is 3. The predicted molar refractivity (Wildman–Crippen MR) is 168 cm³/mol. The summed E-state index contributed by atoms with van der Waals surface area (Å²) in [6, 6.07) is 24.2. The molecule has 2 N–H and O–H groups in total. The summed E-state index contributed by atoms with van der Waals surface area (Å²) in [6.07, 6.45) is 9.14. The Balaban J connectivity index is 0.00000300. The Morgan fingerprint density at radius 3 is 2.56 bits per heavy atom. The van der Waals surface area contributed by atoms with Crippen LogP contribution < -0.4 is 10.1 Å². The molecule has 2 bridgehead atoms. The van der Waals surface area contributed by atoms with E-state index in [9.17, 15) is 9.90 Å². The van der Waals surface area contributed by atoms with Gasteiger partial charge in [-0.1, -0.05) is 66.7 Å². The lowest BCUT2D eigenvalue weighted by atomic mass is 9.48. The van der Waals surface area contributed by atoms with Gasteiger partial charge in [0.05, 0.1) is 23.7 Å².